The van der Waals surface area contributed by atoms with E-state index in [0.717, 1.165) is 13.1 Å². The highest BCUT2D eigenvalue weighted by Gasteiger charge is 2.41. The SMILES string of the molecule is Cl.NC(=O)Nc1ccc(NC(=O)C2(n3cccn3)CCNCC2)cc1. The molecular weight excluding hydrogens is 344 g/mol. The van der Waals surface area contributed by atoms with Gasteiger partial charge in [-0.25, -0.2) is 4.79 Å². The molecule has 3 rings (SSSR count). The van der Waals surface area contributed by atoms with Gasteiger partial charge in [0.15, 0.2) is 0 Å². The van der Waals surface area contributed by atoms with E-state index in [1.807, 2.05) is 12.3 Å². The van der Waals surface area contributed by atoms with Crippen LogP contribution in [0.3, 0.4) is 0 Å². The van der Waals surface area contributed by atoms with Gasteiger partial charge in [-0.3, -0.25) is 9.48 Å². The van der Waals surface area contributed by atoms with Gasteiger partial charge in [0.2, 0.25) is 0 Å². The van der Waals surface area contributed by atoms with Crippen LogP contribution in [0.4, 0.5) is 16.2 Å². The molecule has 0 bridgehead atoms. The van der Waals surface area contributed by atoms with E-state index in [4.69, 9.17) is 5.73 Å². The van der Waals surface area contributed by atoms with Crippen molar-refractivity contribution in [3.8, 4) is 0 Å². The summed E-state index contributed by atoms with van der Waals surface area (Å²) in [5, 5.41) is 13.0. The molecule has 0 spiro atoms. The third-order valence-corrected chi connectivity index (χ3v) is 4.21. The van der Waals surface area contributed by atoms with Crippen LogP contribution in [-0.2, 0) is 10.3 Å². The summed E-state index contributed by atoms with van der Waals surface area (Å²) in [6, 6.07) is 8.01. The van der Waals surface area contributed by atoms with Crippen LogP contribution in [0.2, 0.25) is 0 Å². The molecule has 2 aromatic rings. The van der Waals surface area contributed by atoms with Crippen LogP contribution in [0.1, 0.15) is 12.8 Å². The van der Waals surface area contributed by atoms with Crippen molar-refractivity contribution in [2.24, 2.45) is 5.73 Å². The van der Waals surface area contributed by atoms with Gasteiger partial charge in [0.05, 0.1) is 0 Å². The van der Waals surface area contributed by atoms with Crippen LogP contribution in [0.15, 0.2) is 42.7 Å². The van der Waals surface area contributed by atoms with Gasteiger partial charge in [0, 0.05) is 23.8 Å². The lowest BCUT2D eigenvalue weighted by Gasteiger charge is -2.36. The number of primary amides is 1. The normalized spacial score (nSPS) is 15.7. The summed E-state index contributed by atoms with van der Waals surface area (Å²) in [5.41, 5.74) is 5.61. The molecule has 0 saturated carbocycles. The van der Waals surface area contributed by atoms with Crippen LogP contribution < -0.4 is 21.7 Å². The Balaban J connectivity index is 0.00000225. The molecule has 0 aliphatic carbocycles. The van der Waals surface area contributed by atoms with Crippen molar-refractivity contribution in [2.75, 3.05) is 23.7 Å². The fourth-order valence-electron chi connectivity index (χ4n) is 2.95. The second-order valence-electron chi connectivity index (χ2n) is 5.75. The topological polar surface area (TPSA) is 114 Å². The standard InChI is InChI=1S/C16H20N6O2.ClH/c17-15(24)21-13-4-2-12(3-5-13)20-14(23)16(6-9-18-10-7-16)22-11-1-8-19-22;/h1-5,8,11,18H,6-7,9-10H2,(H,20,23)(H3,17,21,24);1H. The number of benzene rings is 1. The van der Waals surface area contributed by atoms with E-state index in [1.54, 1.807) is 35.1 Å². The molecule has 1 aromatic heterocycles. The van der Waals surface area contributed by atoms with E-state index in [9.17, 15) is 9.59 Å². The van der Waals surface area contributed by atoms with Crippen molar-refractivity contribution in [2.45, 2.75) is 18.4 Å². The summed E-state index contributed by atoms with van der Waals surface area (Å²) in [4.78, 5) is 23.8. The minimum absolute atomic E-state index is 0. The molecule has 0 radical (unpaired) electrons. The third-order valence-electron chi connectivity index (χ3n) is 4.21. The van der Waals surface area contributed by atoms with Gasteiger partial charge in [-0.2, -0.15) is 5.10 Å². The summed E-state index contributed by atoms with van der Waals surface area (Å²) in [7, 11) is 0. The number of nitrogens with zero attached hydrogens (tertiary/aromatic N) is 2. The molecule has 0 unspecified atom stereocenters. The summed E-state index contributed by atoms with van der Waals surface area (Å²) >= 11 is 0. The minimum atomic E-state index is -0.696. The van der Waals surface area contributed by atoms with Gasteiger partial charge >= 0.3 is 6.03 Å². The van der Waals surface area contributed by atoms with Crippen molar-refractivity contribution >= 4 is 35.7 Å². The summed E-state index contributed by atoms with van der Waals surface area (Å²) < 4.78 is 1.74. The van der Waals surface area contributed by atoms with Crippen LogP contribution >= 0.6 is 12.4 Å². The molecule has 2 heterocycles. The lowest BCUT2D eigenvalue weighted by Crippen LogP contribution is -2.52. The van der Waals surface area contributed by atoms with Gasteiger partial charge < -0.3 is 21.7 Å². The number of carbonyl (C=O) groups excluding carboxylic acids is 2. The molecule has 5 N–H and O–H groups in total. The number of halogens is 1. The Bertz CT molecular complexity index is 711. The molecule has 1 fully saturated rings. The van der Waals surface area contributed by atoms with Crippen LogP contribution in [0.25, 0.3) is 0 Å². The molecule has 25 heavy (non-hydrogen) atoms. The zero-order chi connectivity index (χ0) is 17.0. The number of urea groups is 1. The van der Waals surface area contributed by atoms with E-state index in [0.29, 0.717) is 24.2 Å². The summed E-state index contributed by atoms with van der Waals surface area (Å²) in [5.74, 6) is -0.0942. The first-order chi connectivity index (χ1) is 11.6. The Kier molecular flexibility index (Phi) is 6.00. The van der Waals surface area contributed by atoms with E-state index < -0.39 is 11.6 Å². The molecule has 9 heteroatoms. The monoisotopic (exact) mass is 364 g/mol. The predicted octanol–water partition coefficient (Wildman–Crippen LogP) is 1.51. The number of amides is 3. The smallest absolute Gasteiger partial charge is 0.316 e. The molecule has 0 atom stereocenters. The maximum absolute atomic E-state index is 13.0. The highest BCUT2D eigenvalue weighted by molar-refractivity contribution is 5.97. The van der Waals surface area contributed by atoms with Crippen molar-refractivity contribution in [3.05, 3.63) is 42.7 Å². The number of hydrogen-bond donors (Lipinski definition) is 4. The number of carbonyl (C=O) groups is 2. The molecule has 3 amide bonds. The highest BCUT2D eigenvalue weighted by atomic mass is 35.5. The Labute approximate surface area is 151 Å². The first-order valence-electron chi connectivity index (χ1n) is 7.79. The molecule has 1 aliphatic heterocycles. The summed E-state index contributed by atoms with van der Waals surface area (Å²) in [6.45, 7) is 1.52. The quantitative estimate of drug-likeness (QED) is 0.658. The minimum Gasteiger partial charge on any atom is -0.351 e. The zero-order valence-corrected chi connectivity index (χ0v) is 14.4. The fourth-order valence-corrected chi connectivity index (χ4v) is 2.95. The van der Waals surface area contributed by atoms with E-state index in [-0.39, 0.29) is 18.3 Å². The molecule has 1 aliphatic rings. The van der Waals surface area contributed by atoms with E-state index >= 15 is 0 Å². The van der Waals surface area contributed by atoms with Crippen LogP contribution in [-0.4, -0.2) is 34.8 Å². The van der Waals surface area contributed by atoms with Crippen molar-refractivity contribution in [3.63, 3.8) is 0 Å². The molecule has 1 saturated heterocycles. The zero-order valence-electron chi connectivity index (χ0n) is 13.6. The third kappa shape index (κ3) is 4.09. The number of nitrogens with two attached hydrogens (primary N) is 1. The number of nitrogens with one attached hydrogen (secondary N) is 3. The molecular formula is C16H21ClN6O2. The predicted molar refractivity (Wildman–Crippen MR) is 97.8 cm³/mol. The average molecular weight is 365 g/mol. The van der Waals surface area contributed by atoms with Crippen LogP contribution in [0.5, 0.6) is 0 Å². The van der Waals surface area contributed by atoms with Gasteiger partial charge in [0.25, 0.3) is 5.91 Å². The summed E-state index contributed by atoms with van der Waals surface area (Å²) in [6.07, 6.45) is 4.84. The Morgan fingerprint density at radius 2 is 1.72 bits per heavy atom. The number of rotatable bonds is 4. The maximum atomic E-state index is 13.0. The number of hydrogen-bond acceptors (Lipinski definition) is 4. The highest BCUT2D eigenvalue weighted by Crippen LogP contribution is 2.29. The van der Waals surface area contributed by atoms with Gasteiger partial charge in [-0.1, -0.05) is 0 Å². The van der Waals surface area contributed by atoms with Crippen molar-refractivity contribution in [1.29, 1.82) is 0 Å². The first kappa shape index (κ1) is 18.8. The van der Waals surface area contributed by atoms with Crippen molar-refractivity contribution < 1.29 is 9.59 Å². The Hall–Kier alpha value is -2.58. The average Bonchev–Trinajstić information content (AvgIpc) is 3.12. The first-order valence-corrected chi connectivity index (χ1v) is 7.79. The largest absolute Gasteiger partial charge is 0.351 e. The van der Waals surface area contributed by atoms with E-state index in [1.165, 1.54) is 0 Å². The number of aromatic nitrogens is 2. The molecule has 1 aromatic carbocycles. The fraction of sp³-hybridized carbons (Fsp3) is 0.312. The number of anilines is 2. The second kappa shape index (κ2) is 8.00. The number of piperidine rings is 1. The van der Waals surface area contributed by atoms with Crippen molar-refractivity contribution in [1.82, 2.24) is 15.1 Å². The Morgan fingerprint density at radius 1 is 1.12 bits per heavy atom. The molecule has 134 valence electrons. The lowest BCUT2D eigenvalue weighted by molar-refractivity contribution is -0.126. The maximum Gasteiger partial charge on any atom is 0.316 e. The van der Waals surface area contributed by atoms with Gasteiger partial charge in [0.1, 0.15) is 5.54 Å². The van der Waals surface area contributed by atoms with Gasteiger partial charge in [-0.15, -0.1) is 12.4 Å². The molecule has 8 nitrogen and oxygen atoms in total. The Morgan fingerprint density at radius 3 is 2.24 bits per heavy atom. The second-order valence-corrected chi connectivity index (χ2v) is 5.75. The van der Waals surface area contributed by atoms with E-state index in [2.05, 4.69) is 21.0 Å². The van der Waals surface area contributed by atoms with Gasteiger partial charge in [-0.05, 0) is 56.3 Å². The van der Waals surface area contributed by atoms with Crippen LogP contribution in [0, 0.1) is 0 Å². The lowest BCUT2D eigenvalue weighted by atomic mass is 9.87.